The first kappa shape index (κ1) is 9.53. The summed E-state index contributed by atoms with van der Waals surface area (Å²) >= 11 is 0. The molecule has 1 atom stereocenters. The second kappa shape index (κ2) is 3.44. The highest BCUT2D eigenvalue weighted by atomic mass is 16.5. The van der Waals surface area contributed by atoms with E-state index in [2.05, 4.69) is 9.68 Å². The lowest BCUT2D eigenvalue weighted by atomic mass is 10.1. The SMILES string of the molecule is Cc1c(C[C@H](N)C(=O)O)[nH]oc1=O. The monoisotopic (exact) mass is 186 g/mol. The number of rotatable bonds is 3. The van der Waals surface area contributed by atoms with Crippen LogP contribution in [0, 0.1) is 6.92 Å². The Kier molecular flexibility index (Phi) is 2.52. The van der Waals surface area contributed by atoms with Crippen LogP contribution in [0.3, 0.4) is 0 Å². The van der Waals surface area contributed by atoms with E-state index in [0.717, 1.165) is 0 Å². The fraction of sp³-hybridized carbons (Fsp3) is 0.429. The average molecular weight is 186 g/mol. The van der Waals surface area contributed by atoms with Gasteiger partial charge < -0.3 is 15.4 Å². The lowest BCUT2D eigenvalue weighted by Crippen LogP contribution is -2.32. The maximum absolute atomic E-state index is 10.8. The minimum Gasteiger partial charge on any atom is -0.480 e. The average Bonchev–Trinajstić information content (AvgIpc) is 2.36. The number of hydrogen-bond acceptors (Lipinski definition) is 4. The summed E-state index contributed by atoms with van der Waals surface area (Å²) in [5.74, 6) is -1.11. The molecule has 72 valence electrons. The van der Waals surface area contributed by atoms with E-state index < -0.39 is 17.6 Å². The summed E-state index contributed by atoms with van der Waals surface area (Å²) in [6.45, 7) is 1.55. The van der Waals surface area contributed by atoms with Gasteiger partial charge in [0, 0.05) is 6.42 Å². The van der Waals surface area contributed by atoms with Crippen molar-refractivity contribution in [3.8, 4) is 0 Å². The van der Waals surface area contributed by atoms with Crippen molar-refractivity contribution < 1.29 is 14.4 Å². The number of aliphatic carboxylic acids is 1. The number of aromatic nitrogens is 1. The van der Waals surface area contributed by atoms with Gasteiger partial charge in [-0.05, 0) is 6.92 Å². The van der Waals surface area contributed by atoms with Crippen LogP contribution in [-0.4, -0.2) is 22.3 Å². The Labute approximate surface area is 73.3 Å². The van der Waals surface area contributed by atoms with Crippen molar-refractivity contribution in [3.05, 3.63) is 21.7 Å². The van der Waals surface area contributed by atoms with Gasteiger partial charge >= 0.3 is 11.6 Å². The molecule has 0 saturated heterocycles. The van der Waals surface area contributed by atoms with E-state index in [0.29, 0.717) is 11.3 Å². The van der Waals surface area contributed by atoms with Crippen molar-refractivity contribution in [2.24, 2.45) is 5.73 Å². The van der Waals surface area contributed by atoms with Gasteiger partial charge in [0.05, 0.1) is 11.3 Å². The van der Waals surface area contributed by atoms with E-state index in [1.807, 2.05) is 0 Å². The molecule has 0 fully saturated rings. The Hall–Kier alpha value is -1.56. The van der Waals surface area contributed by atoms with Crippen LogP contribution in [0.25, 0.3) is 0 Å². The highest BCUT2D eigenvalue weighted by Crippen LogP contribution is 2.01. The van der Waals surface area contributed by atoms with Gasteiger partial charge in [0.1, 0.15) is 6.04 Å². The van der Waals surface area contributed by atoms with Crippen LogP contribution in [-0.2, 0) is 11.2 Å². The quantitative estimate of drug-likeness (QED) is 0.574. The van der Waals surface area contributed by atoms with Crippen LogP contribution in [0.5, 0.6) is 0 Å². The first-order valence-corrected chi connectivity index (χ1v) is 3.67. The molecule has 0 radical (unpaired) electrons. The molecule has 0 amide bonds. The first-order chi connectivity index (χ1) is 6.02. The topological polar surface area (TPSA) is 109 Å². The molecule has 0 unspecified atom stereocenters. The molecule has 0 spiro atoms. The number of carboxylic acid groups (broad SMARTS) is 1. The summed E-state index contributed by atoms with van der Waals surface area (Å²) in [6, 6.07) is -1.02. The van der Waals surface area contributed by atoms with Crippen molar-refractivity contribution in [3.63, 3.8) is 0 Å². The maximum Gasteiger partial charge on any atom is 0.360 e. The van der Waals surface area contributed by atoms with Crippen molar-refractivity contribution in [1.82, 2.24) is 5.16 Å². The molecule has 1 heterocycles. The van der Waals surface area contributed by atoms with Crippen LogP contribution in [0.1, 0.15) is 11.3 Å². The molecule has 1 aromatic rings. The van der Waals surface area contributed by atoms with Gasteiger partial charge in [-0.1, -0.05) is 0 Å². The minimum atomic E-state index is -1.11. The first-order valence-electron chi connectivity index (χ1n) is 3.67. The number of nitrogens with one attached hydrogen (secondary N) is 1. The molecule has 0 aliphatic rings. The highest BCUT2D eigenvalue weighted by molar-refractivity contribution is 5.73. The van der Waals surface area contributed by atoms with Crippen LogP contribution < -0.4 is 11.4 Å². The van der Waals surface area contributed by atoms with Crippen molar-refractivity contribution >= 4 is 5.97 Å². The third-order valence-corrected chi connectivity index (χ3v) is 1.77. The number of nitrogens with two attached hydrogens (primary N) is 1. The predicted octanol–water partition coefficient (Wildman–Crippen LogP) is -0.769. The lowest BCUT2D eigenvalue weighted by molar-refractivity contribution is -0.138. The van der Waals surface area contributed by atoms with E-state index in [1.165, 1.54) is 0 Å². The summed E-state index contributed by atoms with van der Waals surface area (Å²) < 4.78 is 4.45. The van der Waals surface area contributed by atoms with E-state index in [4.69, 9.17) is 10.8 Å². The summed E-state index contributed by atoms with van der Waals surface area (Å²) in [5.41, 5.74) is 5.57. The zero-order chi connectivity index (χ0) is 10.0. The Balaban J connectivity index is 2.80. The van der Waals surface area contributed by atoms with E-state index >= 15 is 0 Å². The molecule has 6 heteroatoms. The van der Waals surface area contributed by atoms with Crippen molar-refractivity contribution in [2.45, 2.75) is 19.4 Å². The van der Waals surface area contributed by atoms with Gasteiger partial charge in [-0.25, -0.2) is 9.95 Å². The van der Waals surface area contributed by atoms with Gasteiger partial charge in [0.2, 0.25) is 0 Å². The number of carboxylic acids is 1. The zero-order valence-electron chi connectivity index (χ0n) is 7.03. The molecule has 6 nitrogen and oxygen atoms in total. The summed E-state index contributed by atoms with van der Waals surface area (Å²) in [6.07, 6.45) is 0.0624. The second-order valence-electron chi connectivity index (χ2n) is 2.74. The molecule has 0 aliphatic heterocycles. The molecule has 0 aromatic carbocycles. The third kappa shape index (κ3) is 1.97. The number of aromatic amines is 1. The molecule has 1 aromatic heterocycles. The van der Waals surface area contributed by atoms with Gasteiger partial charge in [-0.2, -0.15) is 0 Å². The van der Waals surface area contributed by atoms with Crippen LogP contribution in [0.4, 0.5) is 0 Å². The molecule has 0 aliphatic carbocycles. The van der Waals surface area contributed by atoms with E-state index in [-0.39, 0.29) is 6.42 Å². The molecule has 4 N–H and O–H groups in total. The normalized spacial score (nSPS) is 12.8. The van der Waals surface area contributed by atoms with Gasteiger partial charge in [0.15, 0.2) is 0 Å². The predicted molar refractivity (Wildman–Crippen MR) is 43.4 cm³/mol. The Morgan fingerprint density at radius 2 is 2.38 bits per heavy atom. The van der Waals surface area contributed by atoms with E-state index in [9.17, 15) is 9.59 Å². The van der Waals surface area contributed by atoms with Crippen molar-refractivity contribution in [1.29, 1.82) is 0 Å². The van der Waals surface area contributed by atoms with Crippen LogP contribution >= 0.6 is 0 Å². The Morgan fingerprint density at radius 3 is 2.77 bits per heavy atom. The molecular weight excluding hydrogens is 176 g/mol. The maximum atomic E-state index is 10.8. The number of H-pyrrole nitrogens is 1. The zero-order valence-corrected chi connectivity index (χ0v) is 7.03. The van der Waals surface area contributed by atoms with Gasteiger partial charge in [-0.15, -0.1) is 0 Å². The highest BCUT2D eigenvalue weighted by Gasteiger charge is 2.16. The lowest BCUT2D eigenvalue weighted by Gasteiger charge is -2.03. The Morgan fingerprint density at radius 1 is 1.77 bits per heavy atom. The number of hydrogen-bond donors (Lipinski definition) is 3. The molecule has 0 saturated carbocycles. The van der Waals surface area contributed by atoms with Gasteiger partial charge in [0.25, 0.3) is 0 Å². The molecular formula is C7H10N2O4. The van der Waals surface area contributed by atoms with Crippen LogP contribution in [0.2, 0.25) is 0 Å². The van der Waals surface area contributed by atoms with E-state index in [1.54, 1.807) is 6.92 Å². The Bertz CT molecular complexity index is 365. The van der Waals surface area contributed by atoms with Crippen molar-refractivity contribution in [2.75, 3.05) is 0 Å². The standard InChI is InChI=1S/C7H10N2O4/c1-3-5(9-13-7(3)12)2-4(8)6(10)11/h4,9H,2,8H2,1H3,(H,10,11)/t4-/m0/s1. The number of carbonyl (C=O) groups is 1. The summed E-state index contributed by atoms with van der Waals surface area (Å²) in [7, 11) is 0. The minimum absolute atomic E-state index is 0.0624. The molecule has 13 heavy (non-hydrogen) atoms. The molecule has 0 bridgehead atoms. The largest absolute Gasteiger partial charge is 0.480 e. The molecule has 1 rings (SSSR count). The fourth-order valence-corrected chi connectivity index (χ4v) is 0.886. The fourth-order valence-electron chi connectivity index (χ4n) is 0.886. The van der Waals surface area contributed by atoms with Crippen LogP contribution in [0.15, 0.2) is 9.32 Å². The summed E-state index contributed by atoms with van der Waals surface area (Å²) in [5, 5.41) is 10.8. The smallest absolute Gasteiger partial charge is 0.360 e. The third-order valence-electron chi connectivity index (χ3n) is 1.77. The van der Waals surface area contributed by atoms with Gasteiger partial charge in [-0.3, -0.25) is 4.79 Å². The summed E-state index contributed by atoms with van der Waals surface area (Å²) in [4.78, 5) is 21.2. The second-order valence-corrected chi connectivity index (χ2v) is 2.74.